The lowest BCUT2D eigenvalue weighted by Crippen LogP contribution is -2.43. The topological polar surface area (TPSA) is 90.9 Å². The molecule has 0 unspecified atom stereocenters. The fourth-order valence-corrected chi connectivity index (χ4v) is 1.68. The van der Waals surface area contributed by atoms with Crippen molar-refractivity contribution in [2.45, 2.75) is 25.5 Å². The van der Waals surface area contributed by atoms with E-state index in [2.05, 4.69) is 25.8 Å². The number of methoxy groups -OCH3 is 1. The highest BCUT2D eigenvalue weighted by molar-refractivity contribution is 5.43. The third-order valence-corrected chi connectivity index (χ3v) is 3.34. The fraction of sp³-hybridized carbons (Fsp3) is 0.636. The van der Waals surface area contributed by atoms with Crippen molar-refractivity contribution in [3.63, 3.8) is 0 Å². The van der Waals surface area contributed by atoms with Gasteiger partial charge in [0.05, 0.1) is 12.2 Å². The normalized spacial score (nSPS) is 16.6. The van der Waals surface area contributed by atoms with Crippen molar-refractivity contribution < 1.29 is 9.26 Å². The minimum absolute atomic E-state index is 0.360. The highest BCUT2D eigenvalue weighted by atomic mass is 16.5. The maximum Gasteiger partial charge on any atom is 0.280 e. The van der Waals surface area contributed by atoms with Gasteiger partial charge in [-0.1, -0.05) is 10.4 Å². The molecule has 1 fully saturated rings. The third kappa shape index (κ3) is 2.13. The molecule has 2 aromatic rings. The van der Waals surface area contributed by atoms with Crippen molar-refractivity contribution in [3.8, 4) is 11.6 Å². The summed E-state index contributed by atoms with van der Waals surface area (Å²) < 4.78 is 12.3. The molecular weight excluding hydrogens is 248 g/mol. The van der Waals surface area contributed by atoms with Gasteiger partial charge in [0.15, 0.2) is 5.69 Å². The van der Waals surface area contributed by atoms with Crippen molar-refractivity contribution >= 4 is 0 Å². The van der Waals surface area contributed by atoms with Gasteiger partial charge in [0.25, 0.3) is 5.89 Å². The Balaban J connectivity index is 1.84. The Hall–Kier alpha value is -1.80. The third-order valence-electron chi connectivity index (χ3n) is 3.34. The molecule has 2 aromatic heterocycles. The second-order valence-corrected chi connectivity index (χ2v) is 5.03. The maximum atomic E-state index is 5.31. The molecule has 0 saturated carbocycles. The molecule has 0 spiro atoms. The van der Waals surface area contributed by atoms with Crippen LogP contribution in [0.15, 0.2) is 10.7 Å². The zero-order valence-corrected chi connectivity index (χ0v) is 11.1. The first-order chi connectivity index (χ1) is 9.10. The average Bonchev–Trinajstić information content (AvgIpc) is 2.94. The van der Waals surface area contributed by atoms with Crippen LogP contribution in [0.5, 0.6) is 0 Å². The maximum absolute atomic E-state index is 5.31. The molecule has 3 rings (SSSR count). The first kappa shape index (κ1) is 12.2. The van der Waals surface area contributed by atoms with Crippen molar-refractivity contribution in [1.29, 1.82) is 0 Å². The molecule has 8 heteroatoms. The zero-order chi connectivity index (χ0) is 13.5. The van der Waals surface area contributed by atoms with Crippen LogP contribution in [0.3, 0.4) is 0 Å². The molecule has 0 bridgehead atoms. The highest BCUT2D eigenvalue weighted by Crippen LogP contribution is 2.24. The van der Waals surface area contributed by atoms with E-state index in [1.54, 1.807) is 7.11 Å². The first-order valence-corrected chi connectivity index (χ1v) is 6.12. The van der Waals surface area contributed by atoms with Gasteiger partial charge in [-0.15, -0.1) is 5.10 Å². The predicted molar refractivity (Wildman–Crippen MR) is 65.3 cm³/mol. The summed E-state index contributed by atoms with van der Waals surface area (Å²) in [6.45, 7) is 5.57. The lowest BCUT2D eigenvalue weighted by Gasteiger charge is -2.26. The number of nitrogens with one attached hydrogen (secondary N) is 1. The average molecular weight is 264 g/mol. The van der Waals surface area contributed by atoms with E-state index < -0.39 is 5.60 Å². The monoisotopic (exact) mass is 264 g/mol. The summed E-state index contributed by atoms with van der Waals surface area (Å²) in [5.41, 5.74) is -0.00659. The van der Waals surface area contributed by atoms with Gasteiger partial charge in [0.1, 0.15) is 5.60 Å². The van der Waals surface area contributed by atoms with Gasteiger partial charge in [-0.25, -0.2) is 4.68 Å². The van der Waals surface area contributed by atoms with E-state index in [0.29, 0.717) is 23.5 Å². The van der Waals surface area contributed by atoms with E-state index >= 15 is 0 Å². The zero-order valence-electron chi connectivity index (χ0n) is 11.1. The van der Waals surface area contributed by atoms with Crippen LogP contribution in [0.2, 0.25) is 0 Å². The number of nitrogens with zero attached hydrogens (tertiary/aromatic N) is 5. The molecule has 0 aromatic carbocycles. The Bertz CT molecular complexity index is 571. The quantitative estimate of drug-likeness (QED) is 0.852. The number of rotatable bonds is 4. The minimum atomic E-state index is -0.588. The number of aromatic nitrogens is 5. The lowest BCUT2D eigenvalue weighted by atomic mass is 10.1. The number of ether oxygens (including phenoxy) is 1. The van der Waals surface area contributed by atoms with Crippen LogP contribution in [0, 0.1) is 0 Å². The van der Waals surface area contributed by atoms with Crippen LogP contribution in [-0.2, 0) is 10.3 Å². The Labute approximate surface area is 110 Å². The summed E-state index contributed by atoms with van der Waals surface area (Å²) in [7, 11) is 1.61. The molecule has 1 N–H and O–H groups in total. The smallest absolute Gasteiger partial charge is 0.280 e. The van der Waals surface area contributed by atoms with Crippen LogP contribution in [0.1, 0.15) is 25.7 Å². The Kier molecular flexibility index (Phi) is 2.83. The van der Waals surface area contributed by atoms with E-state index in [1.165, 1.54) is 0 Å². The molecule has 3 heterocycles. The highest BCUT2D eigenvalue weighted by Gasteiger charge is 2.28. The Morgan fingerprint density at radius 2 is 2.26 bits per heavy atom. The lowest BCUT2D eigenvalue weighted by molar-refractivity contribution is 0.00973. The van der Waals surface area contributed by atoms with Crippen LogP contribution in [-0.4, -0.2) is 45.3 Å². The van der Waals surface area contributed by atoms with Crippen molar-refractivity contribution in [3.05, 3.63) is 12.0 Å². The summed E-state index contributed by atoms with van der Waals surface area (Å²) >= 11 is 0. The van der Waals surface area contributed by atoms with Crippen LogP contribution in [0.25, 0.3) is 11.6 Å². The minimum Gasteiger partial charge on any atom is -0.371 e. The van der Waals surface area contributed by atoms with Gasteiger partial charge in [-0.2, -0.15) is 4.98 Å². The SMILES string of the molecule is COC(C)(C)c1noc(-c2cn(C3CNC3)nn2)n1. The summed E-state index contributed by atoms with van der Waals surface area (Å²) in [6, 6.07) is 0.360. The largest absolute Gasteiger partial charge is 0.371 e. The molecule has 0 aliphatic carbocycles. The number of hydrogen-bond donors (Lipinski definition) is 1. The van der Waals surface area contributed by atoms with Gasteiger partial charge in [0.2, 0.25) is 5.82 Å². The molecule has 19 heavy (non-hydrogen) atoms. The van der Waals surface area contributed by atoms with Gasteiger partial charge in [-0.3, -0.25) is 0 Å². The van der Waals surface area contributed by atoms with E-state index in [1.807, 2.05) is 24.7 Å². The molecule has 0 amide bonds. The Morgan fingerprint density at radius 1 is 1.47 bits per heavy atom. The molecular formula is C11H16N6O2. The van der Waals surface area contributed by atoms with E-state index in [-0.39, 0.29) is 0 Å². The van der Waals surface area contributed by atoms with E-state index in [0.717, 1.165) is 13.1 Å². The van der Waals surface area contributed by atoms with Crippen molar-refractivity contribution in [1.82, 2.24) is 30.5 Å². The van der Waals surface area contributed by atoms with E-state index in [4.69, 9.17) is 9.26 Å². The standard InChI is InChI=1S/C11H16N6O2/c1-11(2,18-3)10-13-9(19-15-10)8-6-17(16-14-8)7-4-12-5-7/h6-7,12H,4-5H2,1-3H3. The van der Waals surface area contributed by atoms with Crippen LogP contribution >= 0.6 is 0 Å². The predicted octanol–water partition coefficient (Wildman–Crippen LogP) is 0.354. The first-order valence-electron chi connectivity index (χ1n) is 6.12. The molecule has 1 aliphatic heterocycles. The summed E-state index contributed by atoms with van der Waals surface area (Å²) in [5.74, 6) is 0.850. The fourth-order valence-electron chi connectivity index (χ4n) is 1.68. The molecule has 102 valence electrons. The molecule has 0 radical (unpaired) electrons. The molecule has 1 saturated heterocycles. The second-order valence-electron chi connectivity index (χ2n) is 5.03. The molecule has 0 atom stereocenters. The van der Waals surface area contributed by atoms with Crippen LogP contribution in [0.4, 0.5) is 0 Å². The van der Waals surface area contributed by atoms with Crippen molar-refractivity contribution in [2.75, 3.05) is 20.2 Å². The number of hydrogen-bond acceptors (Lipinski definition) is 7. The van der Waals surface area contributed by atoms with Gasteiger partial charge < -0.3 is 14.6 Å². The van der Waals surface area contributed by atoms with Gasteiger partial charge in [0, 0.05) is 20.2 Å². The van der Waals surface area contributed by atoms with E-state index in [9.17, 15) is 0 Å². The summed E-state index contributed by atoms with van der Waals surface area (Å²) in [6.07, 6.45) is 1.82. The van der Waals surface area contributed by atoms with Crippen molar-refractivity contribution in [2.24, 2.45) is 0 Å². The summed E-state index contributed by atoms with van der Waals surface area (Å²) in [4.78, 5) is 4.31. The second kappa shape index (κ2) is 4.39. The van der Waals surface area contributed by atoms with Gasteiger partial charge >= 0.3 is 0 Å². The van der Waals surface area contributed by atoms with Crippen LogP contribution < -0.4 is 5.32 Å². The molecule has 8 nitrogen and oxygen atoms in total. The summed E-state index contributed by atoms with van der Waals surface area (Å²) in [5, 5.41) is 15.2. The Morgan fingerprint density at radius 3 is 2.89 bits per heavy atom. The molecule has 1 aliphatic rings. The van der Waals surface area contributed by atoms with Gasteiger partial charge in [-0.05, 0) is 13.8 Å².